The number of aliphatic hydroxyl groups is 1. The van der Waals surface area contributed by atoms with Crippen molar-refractivity contribution < 1.29 is 5.11 Å². The second-order valence-electron chi connectivity index (χ2n) is 5.04. The molecule has 0 aromatic heterocycles. The van der Waals surface area contributed by atoms with Crippen LogP contribution in [0.5, 0.6) is 0 Å². The Morgan fingerprint density at radius 3 is 2.53 bits per heavy atom. The Bertz CT molecular complexity index is 563. The zero-order valence-electron chi connectivity index (χ0n) is 11.8. The summed E-state index contributed by atoms with van der Waals surface area (Å²) in [5.41, 5.74) is 5.79. The lowest BCUT2D eigenvalue weighted by Gasteiger charge is -2.20. The van der Waals surface area contributed by atoms with Crippen LogP contribution >= 0.6 is 0 Å². The molecule has 2 aromatic rings. The number of nitrogens with one attached hydrogen (secondary N) is 1. The molecule has 0 aliphatic rings. The van der Waals surface area contributed by atoms with Crippen LogP contribution in [-0.4, -0.2) is 5.11 Å². The third-order valence-corrected chi connectivity index (χ3v) is 3.45. The molecule has 2 N–H and O–H groups in total. The summed E-state index contributed by atoms with van der Waals surface area (Å²) >= 11 is 0. The quantitative estimate of drug-likeness (QED) is 0.866. The lowest BCUT2D eigenvalue weighted by molar-refractivity contribution is 0.282. The highest BCUT2D eigenvalue weighted by atomic mass is 16.3. The normalized spacial score (nSPS) is 12.2. The highest BCUT2D eigenvalue weighted by molar-refractivity contribution is 5.52. The minimum Gasteiger partial charge on any atom is -0.392 e. The zero-order chi connectivity index (χ0) is 13.8. The number of aliphatic hydroxyl groups excluding tert-OH is 1. The van der Waals surface area contributed by atoms with E-state index >= 15 is 0 Å². The first-order chi connectivity index (χ1) is 9.11. The van der Waals surface area contributed by atoms with Gasteiger partial charge in [0.05, 0.1) is 6.61 Å². The molecule has 100 valence electrons. The van der Waals surface area contributed by atoms with Crippen LogP contribution in [0.1, 0.15) is 35.2 Å². The highest BCUT2D eigenvalue weighted by Gasteiger charge is 2.10. The first kappa shape index (κ1) is 13.6. The van der Waals surface area contributed by atoms with E-state index in [0.29, 0.717) is 0 Å². The van der Waals surface area contributed by atoms with Crippen LogP contribution in [-0.2, 0) is 6.61 Å². The van der Waals surface area contributed by atoms with Crippen LogP contribution in [0.15, 0.2) is 42.5 Å². The van der Waals surface area contributed by atoms with E-state index in [4.69, 9.17) is 0 Å². The second kappa shape index (κ2) is 5.89. The van der Waals surface area contributed by atoms with Crippen molar-refractivity contribution in [2.24, 2.45) is 0 Å². The largest absolute Gasteiger partial charge is 0.392 e. The smallest absolute Gasteiger partial charge is 0.0701 e. The number of aryl methyl sites for hydroxylation is 2. The van der Waals surface area contributed by atoms with Crippen LogP contribution < -0.4 is 5.32 Å². The molecule has 0 bridgehead atoms. The summed E-state index contributed by atoms with van der Waals surface area (Å²) in [5, 5.41) is 12.8. The Kier molecular flexibility index (Phi) is 4.23. The van der Waals surface area contributed by atoms with Gasteiger partial charge in [-0.05, 0) is 38.0 Å². The molecule has 0 spiro atoms. The maximum Gasteiger partial charge on any atom is 0.0701 e. The van der Waals surface area contributed by atoms with Gasteiger partial charge in [0.2, 0.25) is 0 Å². The van der Waals surface area contributed by atoms with Gasteiger partial charge in [-0.2, -0.15) is 0 Å². The van der Waals surface area contributed by atoms with Gasteiger partial charge >= 0.3 is 0 Å². The topological polar surface area (TPSA) is 32.3 Å². The van der Waals surface area contributed by atoms with Gasteiger partial charge in [0.15, 0.2) is 0 Å². The summed E-state index contributed by atoms with van der Waals surface area (Å²) < 4.78 is 0. The van der Waals surface area contributed by atoms with Gasteiger partial charge in [-0.25, -0.2) is 0 Å². The minimum atomic E-state index is 0.0583. The fourth-order valence-corrected chi connectivity index (χ4v) is 2.42. The Balaban J connectivity index is 2.23. The summed E-state index contributed by atoms with van der Waals surface area (Å²) in [6.45, 7) is 6.45. The summed E-state index contributed by atoms with van der Waals surface area (Å²) in [4.78, 5) is 0. The molecular weight excluding hydrogens is 234 g/mol. The third-order valence-electron chi connectivity index (χ3n) is 3.45. The molecular formula is C17H21NO. The van der Waals surface area contributed by atoms with Gasteiger partial charge in [0.1, 0.15) is 0 Å². The van der Waals surface area contributed by atoms with Crippen molar-refractivity contribution in [2.45, 2.75) is 33.4 Å². The molecule has 0 saturated carbocycles. The molecule has 1 atom stereocenters. The van der Waals surface area contributed by atoms with Crippen molar-refractivity contribution in [3.05, 3.63) is 64.7 Å². The number of hydrogen-bond acceptors (Lipinski definition) is 2. The summed E-state index contributed by atoms with van der Waals surface area (Å²) in [6, 6.07) is 14.6. The van der Waals surface area contributed by atoms with Crippen LogP contribution in [0, 0.1) is 13.8 Å². The van der Waals surface area contributed by atoms with E-state index < -0.39 is 0 Å². The molecule has 0 amide bonds. The molecule has 0 aliphatic heterocycles. The monoisotopic (exact) mass is 255 g/mol. The van der Waals surface area contributed by atoms with E-state index in [-0.39, 0.29) is 12.6 Å². The van der Waals surface area contributed by atoms with E-state index in [9.17, 15) is 5.11 Å². The van der Waals surface area contributed by atoms with E-state index in [2.05, 4.69) is 44.3 Å². The van der Waals surface area contributed by atoms with Crippen LogP contribution in [0.3, 0.4) is 0 Å². The standard InChI is InChI=1S/C17H21NO/c1-12-8-9-16(13(2)10-12)14(3)18-17-7-5-4-6-15(17)11-19/h4-10,14,18-19H,11H2,1-3H3. The Labute approximate surface area is 115 Å². The third kappa shape index (κ3) is 3.15. The maximum atomic E-state index is 9.35. The Morgan fingerprint density at radius 1 is 1.11 bits per heavy atom. The van der Waals surface area contributed by atoms with Gasteiger partial charge in [-0.15, -0.1) is 0 Å². The van der Waals surface area contributed by atoms with Gasteiger partial charge < -0.3 is 10.4 Å². The van der Waals surface area contributed by atoms with E-state index in [1.165, 1.54) is 16.7 Å². The lowest BCUT2D eigenvalue weighted by atomic mass is 10.00. The minimum absolute atomic E-state index is 0.0583. The van der Waals surface area contributed by atoms with Crippen molar-refractivity contribution in [3.63, 3.8) is 0 Å². The van der Waals surface area contributed by atoms with E-state index in [1.54, 1.807) is 0 Å². The average Bonchev–Trinajstić information content (AvgIpc) is 2.39. The van der Waals surface area contributed by atoms with E-state index in [0.717, 1.165) is 11.3 Å². The lowest BCUT2D eigenvalue weighted by Crippen LogP contribution is -2.10. The first-order valence-electron chi connectivity index (χ1n) is 6.64. The van der Waals surface area contributed by atoms with Gasteiger partial charge in [-0.3, -0.25) is 0 Å². The van der Waals surface area contributed by atoms with Crippen LogP contribution in [0.4, 0.5) is 5.69 Å². The molecule has 1 unspecified atom stereocenters. The maximum absolute atomic E-state index is 9.35. The zero-order valence-corrected chi connectivity index (χ0v) is 11.8. The number of hydrogen-bond donors (Lipinski definition) is 2. The molecule has 2 heteroatoms. The summed E-state index contributed by atoms with van der Waals surface area (Å²) in [7, 11) is 0. The molecule has 0 radical (unpaired) electrons. The highest BCUT2D eigenvalue weighted by Crippen LogP contribution is 2.25. The molecule has 2 aromatic carbocycles. The molecule has 19 heavy (non-hydrogen) atoms. The number of anilines is 1. The average molecular weight is 255 g/mol. The van der Waals surface area contributed by atoms with Gasteiger partial charge in [0, 0.05) is 17.3 Å². The van der Waals surface area contributed by atoms with Crippen molar-refractivity contribution in [3.8, 4) is 0 Å². The molecule has 0 heterocycles. The fraction of sp³-hybridized carbons (Fsp3) is 0.294. The Hall–Kier alpha value is -1.80. The first-order valence-corrected chi connectivity index (χ1v) is 6.64. The number of benzene rings is 2. The van der Waals surface area contributed by atoms with Crippen molar-refractivity contribution in [1.82, 2.24) is 0 Å². The molecule has 2 nitrogen and oxygen atoms in total. The Morgan fingerprint density at radius 2 is 1.84 bits per heavy atom. The molecule has 0 fully saturated rings. The number of rotatable bonds is 4. The summed E-state index contributed by atoms with van der Waals surface area (Å²) in [5.74, 6) is 0. The SMILES string of the molecule is Cc1ccc(C(C)Nc2ccccc2CO)c(C)c1. The predicted octanol–water partition coefficient (Wildman–Crippen LogP) is 3.97. The van der Waals surface area contributed by atoms with Crippen molar-refractivity contribution in [1.29, 1.82) is 0 Å². The summed E-state index contributed by atoms with van der Waals surface area (Å²) in [6.07, 6.45) is 0. The predicted molar refractivity (Wildman–Crippen MR) is 80.3 cm³/mol. The number of para-hydroxylation sites is 1. The second-order valence-corrected chi connectivity index (χ2v) is 5.04. The van der Waals surface area contributed by atoms with Crippen LogP contribution in [0.25, 0.3) is 0 Å². The van der Waals surface area contributed by atoms with Gasteiger partial charge in [-0.1, -0.05) is 42.0 Å². The molecule has 2 rings (SSSR count). The van der Waals surface area contributed by atoms with Crippen LogP contribution in [0.2, 0.25) is 0 Å². The van der Waals surface area contributed by atoms with Gasteiger partial charge in [0.25, 0.3) is 0 Å². The molecule has 0 saturated heterocycles. The molecule has 0 aliphatic carbocycles. The fourth-order valence-electron chi connectivity index (χ4n) is 2.42. The van der Waals surface area contributed by atoms with Crippen molar-refractivity contribution >= 4 is 5.69 Å². The van der Waals surface area contributed by atoms with Crippen molar-refractivity contribution in [2.75, 3.05) is 5.32 Å². The van der Waals surface area contributed by atoms with E-state index in [1.807, 2.05) is 24.3 Å².